The molecule has 1 aliphatic heterocycles. The number of benzene rings is 2. The van der Waals surface area contributed by atoms with Crippen LogP contribution >= 0.6 is 11.6 Å². The highest BCUT2D eigenvalue weighted by atomic mass is 35.5. The van der Waals surface area contributed by atoms with Crippen molar-refractivity contribution in [1.29, 1.82) is 0 Å². The molecule has 0 spiro atoms. The van der Waals surface area contributed by atoms with Crippen LogP contribution in [0.4, 0.5) is 0 Å². The lowest BCUT2D eigenvalue weighted by Crippen LogP contribution is -2.36. The molecular weight excluding hydrogens is 450 g/mol. The summed E-state index contributed by atoms with van der Waals surface area (Å²) in [5.74, 6) is 0.453. The minimum atomic E-state index is -0.228. The van der Waals surface area contributed by atoms with Crippen molar-refractivity contribution < 1.29 is 9.53 Å². The van der Waals surface area contributed by atoms with Gasteiger partial charge in [-0.05, 0) is 87.5 Å². The molecular formula is C27H32ClN3O3. The number of fused-ring (bicyclic) bond motifs is 1. The first kappa shape index (κ1) is 24.3. The molecule has 34 heavy (non-hydrogen) atoms. The van der Waals surface area contributed by atoms with E-state index in [4.69, 9.17) is 16.3 Å². The molecule has 2 aromatic carbocycles. The van der Waals surface area contributed by atoms with Gasteiger partial charge in [0.1, 0.15) is 12.3 Å². The van der Waals surface area contributed by atoms with Crippen LogP contribution in [-0.4, -0.2) is 47.7 Å². The predicted octanol–water partition coefficient (Wildman–Crippen LogP) is 4.71. The van der Waals surface area contributed by atoms with Gasteiger partial charge in [-0.3, -0.25) is 14.2 Å². The maximum Gasteiger partial charge on any atom is 0.259 e. The van der Waals surface area contributed by atoms with E-state index in [1.165, 1.54) is 30.5 Å². The third kappa shape index (κ3) is 5.99. The molecule has 0 radical (unpaired) electrons. The predicted molar refractivity (Wildman–Crippen MR) is 138 cm³/mol. The molecule has 4 rings (SSSR count). The van der Waals surface area contributed by atoms with Crippen LogP contribution in [-0.2, 0) is 11.3 Å². The van der Waals surface area contributed by atoms with E-state index in [1.54, 1.807) is 18.2 Å². The Bertz CT molecular complexity index is 1220. The van der Waals surface area contributed by atoms with Crippen LogP contribution in [0.25, 0.3) is 22.0 Å². The number of nitrogens with zero attached hydrogens (tertiary/aromatic N) is 2. The quantitative estimate of drug-likeness (QED) is 0.449. The topological polar surface area (TPSA) is 63.6 Å². The van der Waals surface area contributed by atoms with Crippen LogP contribution in [0.1, 0.15) is 33.1 Å². The highest BCUT2D eigenvalue weighted by Gasteiger charge is 2.16. The Morgan fingerprint density at radius 2 is 1.91 bits per heavy atom. The average molecular weight is 482 g/mol. The SMILES string of the molecule is CC(C)NC(=O)Cn1c(-c2cccc(Cl)c2)cc2ccc(OCCCN3CCCC3)cc2c1=O. The van der Waals surface area contributed by atoms with Gasteiger partial charge < -0.3 is 15.0 Å². The van der Waals surface area contributed by atoms with E-state index < -0.39 is 0 Å². The van der Waals surface area contributed by atoms with Gasteiger partial charge in [0, 0.05) is 17.6 Å². The van der Waals surface area contributed by atoms with E-state index in [0.717, 1.165) is 23.9 Å². The summed E-state index contributed by atoms with van der Waals surface area (Å²) in [6.07, 6.45) is 3.51. The molecule has 1 fully saturated rings. The lowest BCUT2D eigenvalue weighted by molar-refractivity contribution is -0.122. The smallest absolute Gasteiger partial charge is 0.259 e. The van der Waals surface area contributed by atoms with Gasteiger partial charge in [0.15, 0.2) is 0 Å². The Morgan fingerprint density at radius 1 is 1.12 bits per heavy atom. The van der Waals surface area contributed by atoms with Crippen molar-refractivity contribution in [2.45, 2.75) is 45.7 Å². The van der Waals surface area contributed by atoms with Crippen LogP contribution in [0.2, 0.25) is 5.02 Å². The second kappa shape index (κ2) is 11.1. The number of amides is 1. The number of hydrogen-bond donors (Lipinski definition) is 1. The van der Waals surface area contributed by atoms with Crippen molar-refractivity contribution in [3.8, 4) is 17.0 Å². The molecule has 180 valence electrons. The fourth-order valence-corrected chi connectivity index (χ4v) is 4.65. The Morgan fingerprint density at radius 3 is 2.65 bits per heavy atom. The zero-order valence-corrected chi connectivity index (χ0v) is 20.6. The number of carbonyl (C=O) groups excluding carboxylic acids is 1. The zero-order valence-electron chi connectivity index (χ0n) is 19.9. The van der Waals surface area contributed by atoms with E-state index in [1.807, 2.05) is 44.2 Å². The van der Waals surface area contributed by atoms with Crippen molar-refractivity contribution >= 4 is 28.3 Å². The summed E-state index contributed by atoms with van der Waals surface area (Å²) in [5, 5.41) is 4.77. The molecule has 0 aliphatic carbocycles. The van der Waals surface area contributed by atoms with Crippen molar-refractivity contribution in [3.05, 3.63) is 63.9 Å². The molecule has 0 unspecified atom stereocenters. The first-order valence-corrected chi connectivity index (χ1v) is 12.4. The van der Waals surface area contributed by atoms with Gasteiger partial charge in [-0.25, -0.2) is 0 Å². The molecule has 1 aliphatic rings. The van der Waals surface area contributed by atoms with Gasteiger partial charge in [-0.15, -0.1) is 0 Å². The number of aromatic nitrogens is 1. The molecule has 1 aromatic heterocycles. The van der Waals surface area contributed by atoms with E-state index in [9.17, 15) is 9.59 Å². The summed E-state index contributed by atoms with van der Waals surface area (Å²) in [5.41, 5.74) is 1.21. The molecule has 0 bridgehead atoms. The lowest BCUT2D eigenvalue weighted by Gasteiger charge is -2.17. The van der Waals surface area contributed by atoms with Gasteiger partial charge >= 0.3 is 0 Å². The number of hydrogen-bond acceptors (Lipinski definition) is 4. The van der Waals surface area contributed by atoms with E-state index >= 15 is 0 Å². The molecule has 2 heterocycles. The molecule has 1 N–H and O–H groups in total. The Labute approximate surface area is 205 Å². The number of rotatable bonds is 9. The molecule has 3 aromatic rings. The summed E-state index contributed by atoms with van der Waals surface area (Å²) >= 11 is 6.22. The van der Waals surface area contributed by atoms with Gasteiger partial charge in [0.25, 0.3) is 5.56 Å². The fraction of sp³-hybridized carbons (Fsp3) is 0.407. The van der Waals surface area contributed by atoms with Crippen molar-refractivity contribution in [2.24, 2.45) is 0 Å². The lowest BCUT2D eigenvalue weighted by atomic mass is 10.1. The molecule has 0 atom stereocenters. The summed E-state index contributed by atoms with van der Waals surface area (Å²) in [7, 11) is 0. The zero-order chi connectivity index (χ0) is 24.1. The van der Waals surface area contributed by atoms with Gasteiger partial charge in [-0.2, -0.15) is 0 Å². The van der Waals surface area contributed by atoms with Crippen molar-refractivity contribution in [3.63, 3.8) is 0 Å². The van der Waals surface area contributed by atoms with Crippen molar-refractivity contribution in [2.75, 3.05) is 26.2 Å². The van der Waals surface area contributed by atoms with Crippen LogP contribution in [0, 0.1) is 0 Å². The first-order chi connectivity index (χ1) is 16.4. The summed E-state index contributed by atoms with van der Waals surface area (Å²) < 4.78 is 7.48. The monoisotopic (exact) mass is 481 g/mol. The van der Waals surface area contributed by atoms with Crippen LogP contribution in [0.5, 0.6) is 5.75 Å². The van der Waals surface area contributed by atoms with E-state index in [-0.39, 0.29) is 24.1 Å². The highest BCUT2D eigenvalue weighted by Crippen LogP contribution is 2.27. The third-order valence-corrected chi connectivity index (χ3v) is 6.28. The number of nitrogens with one attached hydrogen (secondary N) is 1. The number of ether oxygens (including phenoxy) is 1. The van der Waals surface area contributed by atoms with Gasteiger partial charge in [0.05, 0.1) is 17.7 Å². The molecule has 1 saturated heterocycles. The minimum Gasteiger partial charge on any atom is -0.494 e. The second-order valence-electron chi connectivity index (χ2n) is 9.15. The number of pyridine rings is 1. The Kier molecular flexibility index (Phi) is 7.91. The largest absolute Gasteiger partial charge is 0.494 e. The normalized spacial score (nSPS) is 14.1. The summed E-state index contributed by atoms with van der Waals surface area (Å²) in [6.45, 7) is 7.71. The Balaban J connectivity index is 1.63. The first-order valence-electron chi connectivity index (χ1n) is 12.0. The van der Waals surface area contributed by atoms with Crippen LogP contribution in [0.15, 0.2) is 53.3 Å². The summed E-state index contributed by atoms with van der Waals surface area (Å²) in [4.78, 5) is 28.6. The van der Waals surface area contributed by atoms with Gasteiger partial charge in [0.2, 0.25) is 5.91 Å². The number of likely N-dealkylation sites (tertiary alicyclic amines) is 1. The van der Waals surface area contributed by atoms with Crippen LogP contribution in [0.3, 0.4) is 0 Å². The number of carbonyl (C=O) groups is 1. The van der Waals surface area contributed by atoms with Gasteiger partial charge in [-0.1, -0.05) is 29.8 Å². The summed E-state index contributed by atoms with van der Waals surface area (Å²) in [6, 6.07) is 14.8. The van der Waals surface area contributed by atoms with E-state index in [0.29, 0.717) is 28.5 Å². The van der Waals surface area contributed by atoms with Crippen molar-refractivity contribution in [1.82, 2.24) is 14.8 Å². The average Bonchev–Trinajstić information content (AvgIpc) is 3.32. The number of halogens is 1. The van der Waals surface area contributed by atoms with Crippen LogP contribution < -0.4 is 15.6 Å². The maximum absolute atomic E-state index is 13.6. The maximum atomic E-state index is 13.6. The molecule has 0 saturated carbocycles. The molecule has 1 amide bonds. The minimum absolute atomic E-state index is 0.0150. The highest BCUT2D eigenvalue weighted by molar-refractivity contribution is 6.30. The second-order valence-corrected chi connectivity index (χ2v) is 9.59. The third-order valence-electron chi connectivity index (χ3n) is 6.04. The standard InChI is InChI=1S/C27H32ClN3O3/c1-19(2)29-26(32)18-31-25(21-7-5-8-22(28)15-21)16-20-9-10-23(17-24(20)27(31)33)34-14-6-13-30-11-3-4-12-30/h5,7-10,15-17,19H,3-4,6,11-14,18H2,1-2H3,(H,29,32). The molecule has 6 nitrogen and oxygen atoms in total. The Hall–Kier alpha value is -2.83. The molecule has 7 heteroatoms. The van der Waals surface area contributed by atoms with E-state index in [2.05, 4.69) is 10.2 Å². The fourth-order valence-electron chi connectivity index (χ4n) is 4.46.